The van der Waals surface area contributed by atoms with Crippen molar-refractivity contribution in [2.45, 2.75) is 46.7 Å². The van der Waals surface area contributed by atoms with Crippen LogP contribution in [0, 0.1) is 13.8 Å². The number of aryl methyl sites for hydroxylation is 4. The maximum absolute atomic E-state index is 4.54. The van der Waals surface area contributed by atoms with Gasteiger partial charge < -0.3 is 5.32 Å². The van der Waals surface area contributed by atoms with Crippen LogP contribution in [0.2, 0.25) is 0 Å². The highest BCUT2D eigenvalue weighted by Crippen LogP contribution is 2.09. The predicted octanol–water partition coefficient (Wildman–Crippen LogP) is 2.70. The molecule has 2 rings (SSSR count). The number of aromatic nitrogens is 3. The number of hydrogen-bond acceptors (Lipinski definition) is 4. The van der Waals surface area contributed by atoms with E-state index in [1.54, 1.807) is 11.3 Å². The summed E-state index contributed by atoms with van der Waals surface area (Å²) < 4.78 is 2.08. The van der Waals surface area contributed by atoms with Gasteiger partial charge in [-0.15, -0.1) is 11.3 Å². The molecule has 0 aliphatic heterocycles. The standard InChI is InChI=1S/C14H22N4S/c1-4-14-16-13(10-19-14)9-15-6-5-7-18-12(3)8-11(2)17-18/h8,10,15H,4-7,9H2,1-3H3. The van der Waals surface area contributed by atoms with Gasteiger partial charge in [-0.3, -0.25) is 4.68 Å². The Kier molecular flexibility index (Phi) is 5.10. The van der Waals surface area contributed by atoms with Crippen LogP contribution in [0.15, 0.2) is 11.4 Å². The van der Waals surface area contributed by atoms with E-state index in [2.05, 4.69) is 45.4 Å². The molecule has 0 unspecified atom stereocenters. The topological polar surface area (TPSA) is 42.7 Å². The average molecular weight is 278 g/mol. The van der Waals surface area contributed by atoms with Crippen LogP contribution >= 0.6 is 11.3 Å². The van der Waals surface area contributed by atoms with E-state index in [9.17, 15) is 0 Å². The molecule has 19 heavy (non-hydrogen) atoms. The van der Waals surface area contributed by atoms with Gasteiger partial charge in [0.1, 0.15) is 0 Å². The van der Waals surface area contributed by atoms with Gasteiger partial charge in [-0.05, 0) is 39.3 Å². The average Bonchev–Trinajstić information content (AvgIpc) is 2.96. The summed E-state index contributed by atoms with van der Waals surface area (Å²) in [5.74, 6) is 0. The first-order valence-corrected chi connectivity index (χ1v) is 7.72. The smallest absolute Gasteiger partial charge is 0.0926 e. The van der Waals surface area contributed by atoms with Crippen molar-refractivity contribution >= 4 is 11.3 Å². The first-order chi connectivity index (χ1) is 9.19. The minimum Gasteiger partial charge on any atom is -0.311 e. The van der Waals surface area contributed by atoms with Crippen LogP contribution in [0.4, 0.5) is 0 Å². The lowest BCUT2D eigenvalue weighted by Gasteiger charge is -2.05. The minimum atomic E-state index is 0.869. The maximum Gasteiger partial charge on any atom is 0.0926 e. The fraction of sp³-hybridized carbons (Fsp3) is 0.571. The summed E-state index contributed by atoms with van der Waals surface area (Å²) in [6.45, 7) is 9.13. The Morgan fingerprint density at radius 3 is 2.84 bits per heavy atom. The van der Waals surface area contributed by atoms with E-state index in [0.29, 0.717) is 0 Å². The van der Waals surface area contributed by atoms with E-state index in [1.165, 1.54) is 10.7 Å². The van der Waals surface area contributed by atoms with Crippen LogP contribution in [0.3, 0.4) is 0 Å². The molecule has 5 heteroatoms. The van der Waals surface area contributed by atoms with E-state index in [0.717, 1.165) is 43.9 Å². The zero-order valence-electron chi connectivity index (χ0n) is 11.9. The number of thiazole rings is 1. The van der Waals surface area contributed by atoms with Crippen molar-refractivity contribution < 1.29 is 0 Å². The molecule has 0 aliphatic rings. The molecular formula is C14H22N4S. The van der Waals surface area contributed by atoms with Crippen LogP contribution in [0.1, 0.15) is 35.4 Å². The maximum atomic E-state index is 4.54. The first-order valence-electron chi connectivity index (χ1n) is 6.84. The summed E-state index contributed by atoms with van der Waals surface area (Å²) in [5.41, 5.74) is 3.50. The Labute approximate surface area is 118 Å². The van der Waals surface area contributed by atoms with Gasteiger partial charge in [-0.1, -0.05) is 6.92 Å². The Morgan fingerprint density at radius 2 is 2.21 bits per heavy atom. The SMILES string of the molecule is CCc1nc(CNCCCn2nc(C)cc2C)cs1. The Bertz CT molecular complexity index is 515. The van der Waals surface area contributed by atoms with Crippen molar-refractivity contribution in [3.63, 3.8) is 0 Å². The minimum absolute atomic E-state index is 0.869. The van der Waals surface area contributed by atoms with Gasteiger partial charge >= 0.3 is 0 Å². The van der Waals surface area contributed by atoms with E-state index >= 15 is 0 Å². The summed E-state index contributed by atoms with van der Waals surface area (Å²) in [4.78, 5) is 4.54. The second-order valence-electron chi connectivity index (χ2n) is 4.77. The second-order valence-corrected chi connectivity index (χ2v) is 5.71. The molecule has 0 fully saturated rings. The van der Waals surface area contributed by atoms with E-state index < -0.39 is 0 Å². The number of nitrogens with zero attached hydrogens (tertiary/aromatic N) is 3. The highest BCUT2D eigenvalue weighted by atomic mass is 32.1. The normalized spacial score (nSPS) is 11.1. The first kappa shape index (κ1) is 14.2. The van der Waals surface area contributed by atoms with Gasteiger partial charge in [-0.2, -0.15) is 5.10 Å². The summed E-state index contributed by atoms with van der Waals surface area (Å²) >= 11 is 1.75. The van der Waals surface area contributed by atoms with Crippen LogP contribution in [0.5, 0.6) is 0 Å². The summed E-state index contributed by atoms with van der Waals surface area (Å²) in [7, 11) is 0. The summed E-state index contributed by atoms with van der Waals surface area (Å²) in [6.07, 6.45) is 2.12. The highest BCUT2D eigenvalue weighted by Gasteiger charge is 2.01. The van der Waals surface area contributed by atoms with Gasteiger partial charge in [-0.25, -0.2) is 4.98 Å². The fourth-order valence-electron chi connectivity index (χ4n) is 2.06. The van der Waals surface area contributed by atoms with Crippen LogP contribution in [-0.4, -0.2) is 21.3 Å². The molecule has 0 saturated heterocycles. The number of rotatable bonds is 7. The molecule has 0 aliphatic carbocycles. The van der Waals surface area contributed by atoms with Crippen molar-refractivity contribution in [3.8, 4) is 0 Å². The molecule has 0 bridgehead atoms. The monoisotopic (exact) mass is 278 g/mol. The number of nitrogens with one attached hydrogen (secondary N) is 1. The third-order valence-corrected chi connectivity index (χ3v) is 4.08. The molecule has 2 heterocycles. The molecule has 2 aromatic rings. The fourth-order valence-corrected chi connectivity index (χ4v) is 2.81. The van der Waals surface area contributed by atoms with Crippen molar-refractivity contribution in [2.24, 2.45) is 0 Å². The van der Waals surface area contributed by atoms with Crippen molar-refractivity contribution in [3.05, 3.63) is 33.5 Å². The molecule has 104 valence electrons. The molecule has 0 atom stereocenters. The van der Waals surface area contributed by atoms with E-state index in [4.69, 9.17) is 0 Å². The van der Waals surface area contributed by atoms with Crippen LogP contribution in [-0.2, 0) is 19.5 Å². The van der Waals surface area contributed by atoms with Gasteiger partial charge in [0.15, 0.2) is 0 Å². The molecular weight excluding hydrogens is 256 g/mol. The van der Waals surface area contributed by atoms with Gasteiger partial charge in [0.25, 0.3) is 0 Å². The lowest BCUT2D eigenvalue weighted by atomic mass is 10.3. The molecule has 4 nitrogen and oxygen atoms in total. The van der Waals surface area contributed by atoms with E-state index in [1.807, 2.05) is 6.92 Å². The lowest BCUT2D eigenvalue weighted by molar-refractivity contribution is 0.530. The molecule has 0 aromatic carbocycles. The van der Waals surface area contributed by atoms with Crippen LogP contribution in [0.25, 0.3) is 0 Å². The quantitative estimate of drug-likeness (QED) is 0.792. The van der Waals surface area contributed by atoms with Gasteiger partial charge in [0.2, 0.25) is 0 Å². The molecule has 1 N–H and O–H groups in total. The summed E-state index contributed by atoms with van der Waals surface area (Å²) in [6, 6.07) is 2.12. The summed E-state index contributed by atoms with van der Waals surface area (Å²) in [5, 5.41) is 11.3. The molecule has 2 aromatic heterocycles. The zero-order chi connectivity index (χ0) is 13.7. The molecule has 0 amide bonds. The highest BCUT2D eigenvalue weighted by molar-refractivity contribution is 7.09. The third-order valence-electron chi connectivity index (χ3n) is 3.03. The molecule has 0 spiro atoms. The van der Waals surface area contributed by atoms with E-state index in [-0.39, 0.29) is 0 Å². The largest absolute Gasteiger partial charge is 0.311 e. The van der Waals surface area contributed by atoms with Gasteiger partial charge in [0, 0.05) is 24.2 Å². The third kappa shape index (κ3) is 4.14. The van der Waals surface area contributed by atoms with Gasteiger partial charge in [0.05, 0.1) is 16.4 Å². The molecule has 0 radical (unpaired) electrons. The predicted molar refractivity (Wildman–Crippen MR) is 79.5 cm³/mol. The van der Waals surface area contributed by atoms with Crippen molar-refractivity contribution in [1.29, 1.82) is 0 Å². The Morgan fingerprint density at radius 1 is 1.37 bits per heavy atom. The van der Waals surface area contributed by atoms with Crippen molar-refractivity contribution in [1.82, 2.24) is 20.1 Å². The number of hydrogen-bond donors (Lipinski definition) is 1. The zero-order valence-corrected chi connectivity index (χ0v) is 12.8. The second kappa shape index (κ2) is 6.82. The van der Waals surface area contributed by atoms with Crippen molar-refractivity contribution in [2.75, 3.05) is 6.54 Å². The Balaban J connectivity index is 1.65. The Hall–Kier alpha value is -1.20. The lowest BCUT2D eigenvalue weighted by Crippen LogP contribution is -2.17. The van der Waals surface area contributed by atoms with Crippen LogP contribution < -0.4 is 5.32 Å². The molecule has 0 saturated carbocycles.